The number of hydrogen-bond donors (Lipinski definition) is 1. The largest absolute Gasteiger partial charge is 0.504 e. The summed E-state index contributed by atoms with van der Waals surface area (Å²) in [6, 6.07) is 5.74. The molecule has 3 nitrogen and oxygen atoms in total. The zero-order chi connectivity index (χ0) is 17.7. The lowest BCUT2D eigenvalue weighted by atomic mass is 9.94. The molecule has 0 amide bonds. The van der Waals surface area contributed by atoms with Gasteiger partial charge in [0.05, 0.1) is 6.10 Å². The predicted molar refractivity (Wildman–Crippen MR) is 98.6 cm³/mol. The zero-order valence-electron chi connectivity index (χ0n) is 16.0. The minimum Gasteiger partial charge on any atom is -0.504 e. The molecule has 3 heteroatoms. The molecule has 0 radical (unpaired) electrons. The molecule has 1 saturated carbocycles. The van der Waals surface area contributed by atoms with Gasteiger partial charge in [-0.15, -0.1) is 0 Å². The molecule has 1 aromatic carbocycles. The number of rotatable bonds is 6. The molecule has 2 rings (SSSR count). The van der Waals surface area contributed by atoms with Gasteiger partial charge in [0.25, 0.3) is 0 Å². The van der Waals surface area contributed by atoms with E-state index in [0.29, 0.717) is 11.7 Å². The summed E-state index contributed by atoms with van der Waals surface area (Å²) in [5, 5.41) is 10.4. The maximum Gasteiger partial charge on any atom is 0.205 e. The summed E-state index contributed by atoms with van der Waals surface area (Å²) in [5.74, 6) is 1.15. The van der Waals surface area contributed by atoms with Gasteiger partial charge in [-0.25, -0.2) is 0 Å². The van der Waals surface area contributed by atoms with Crippen LogP contribution in [0.25, 0.3) is 0 Å². The number of phenols is 1. The Labute approximate surface area is 147 Å². The van der Waals surface area contributed by atoms with Gasteiger partial charge < -0.3 is 14.6 Å². The Hall–Kier alpha value is -1.22. The fourth-order valence-corrected chi connectivity index (χ4v) is 3.08. The van der Waals surface area contributed by atoms with Gasteiger partial charge in [-0.05, 0) is 42.9 Å². The average Bonchev–Trinajstić information content (AvgIpc) is 2.55. The molecule has 2 unspecified atom stereocenters. The van der Waals surface area contributed by atoms with Crippen molar-refractivity contribution >= 4 is 0 Å². The fraction of sp³-hybridized carbons (Fsp3) is 0.714. The van der Waals surface area contributed by atoms with E-state index >= 15 is 0 Å². The molecule has 136 valence electrons. The first-order chi connectivity index (χ1) is 11.3. The Morgan fingerprint density at radius 1 is 1.17 bits per heavy atom. The van der Waals surface area contributed by atoms with Crippen LogP contribution in [0.3, 0.4) is 0 Å². The molecule has 0 bridgehead atoms. The van der Waals surface area contributed by atoms with Crippen LogP contribution in [0.15, 0.2) is 18.2 Å². The average molecular weight is 334 g/mol. The molecule has 1 aromatic rings. The van der Waals surface area contributed by atoms with Gasteiger partial charge in [0.2, 0.25) is 6.29 Å². The Bertz CT molecular complexity index is 512. The molecule has 0 heterocycles. The van der Waals surface area contributed by atoms with E-state index < -0.39 is 0 Å². The highest BCUT2D eigenvalue weighted by Crippen LogP contribution is 2.35. The molecule has 1 fully saturated rings. The van der Waals surface area contributed by atoms with Gasteiger partial charge >= 0.3 is 0 Å². The summed E-state index contributed by atoms with van der Waals surface area (Å²) in [4.78, 5) is 0. The summed E-state index contributed by atoms with van der Waals surface area (Å²) in [6.07, 6.45) is 6.94. The Balaban J connectivity index is 2.11. The maximum absolute atomic E-state index is 10.4. The van der Waals surface area contributed by atoms with Crippen LogP contribution < -0.4 is 4.74 Å². The molecule has 0 aliphatic heterocycles. The van der Waals surface area contributed by atoms with Crippen LogP contribution in [0.5, 0.6) is 11.5 Å². The molecule has 0 saturated heterocycles. The van der Waals surface area contributed by atoms with E-state index in [1.54, 1.807) is 0 Å². The van der Waals surface area contributed by atoms with Crippen LogP contribution in [0, 0.1) is 5.41 Å². The molecule has 2 atom stereocenters. The van der Waals surface area contributed by atoms with Crippen molar-refractivity contribution in [2.45, 2.75) is 91.5 Å². The van der Waals surface area contributed by atoms with E-state index in [2.05, 4.69) is 34.6 Å². The highest BCUT2D eigenvalue weighted by atomic mass is 16.7. The van der Waals surface area contributed by atoms with Crippen molar-refractivity contribution in [2.75, 3.05) is 0 Å². The van der Waals surface area contributed by atoms with Crippen molar-refractivity contribution in [1.29, 1.82) is 0 Å². The summed E-state index contributed by atoms with van der Waals surface area (Å²) in [7, 11) is 0. The van der Waals surface area contributed by atoms with E-state index in [-0.39, 0.29) is 23.6 Å². The van der Waals surface area contributed by atoms with Crippen LogP contribution in [0.2, 0.25) is 0 Å². The van der Waals surface area contributed by atoms with Crippen LogP contribution >= 0.6 is 0 Å². The Kier molecular flexibility index (Phi) is 6.56. The molecular weight excluding hydrogens is 300 g/mol. The quantitative estimate of drug-likeness (QED) is 0.648. The predicted octanol–water partition coefficient (Wildman–Crippen LogP) is 6.01. The molecule has 24 heavy (non-hydrogen) atoms. The van der Waals surface area contributed by atoms with Crippen molar-refractivity contribution in [3.8, 4) is 11.5 Å². The third-order valence-corrected chi connectivity index (χ3v) is 4.97. The first kappa shape index (κ1) is 19.1. The highest BCUT2D eigenvalue weighted by Gasteiger charge is 2.31. The first-order valence-corrected chi connectivity index (χ1v) is 9.46. The molecule has 0 spiro atoms. The summed E-state index contributed by atoms with van der Waals surface area (Å²) < 4.78 is 12.4. The third-order valence-electron chi connectivity index (χ3n) is 4.97. The van der Waals surface area contributed by atoms with E-state index in [1.165, 1.54) is 19.3 Å². The van der Waals surface area contributed by atoms with Crippen LogP contribution in [0.4, 0.5) is 0 Å². The second kappa shape index (κ2) is 8.24. The number of benzene rings is 1. The summed E-state index contributed by atoms with van der Waals surface area (Å²) in [6.45, 7) is 10.7. The topological polar surface area (TPSA) is 38.7 Å². The summed E-state index contributed by atoms with van der Waals surface area (Å²) >= 11 is 0. The van der Waals surface area contributed by atoms with Gasteiger partial charge in [0, 0.05) is 5.41 Å². The van der Waals surface area contributed by atoms with Crippen molar-refractivity contribution in [3.05, 3.63) is 23.8 Å². The van der Waals surface area contributed by atoms with Crippen LogP contribution in [-0.2, 0) is 4.74 Å². The van der Waals surface area contributed by atoms with Gasteiger partial charge in [0.1, 0.15) is 0 Å². The SMILES string of the molecule is CCC(C)c1ccc(OC(OC2CCCCC2)C(C)(C)C)c(O)c1. The van der Waals surface area contributed by atoms with E-state index in [0.717, 1.165) is 24.8 Å². The zero-order valence-corrected chi connectivity index (χ0v) is 16.0. The summed E-state index contributed by atoms with van der Waals surface area (Å²) in [5.41, 5.74) is 0.988. The van der Waals surface area contributed by atoms with Crippen molar-refractivity contribution in [3.63, 3.8) is 0 Å². The van der Waals surface area contributed by atoms with Gasteiger partial charge in [-0.1, -0.05) is 59.9 Å². The highest BCUT2D eigenvalue weighted by molar-refractivity contribution is 5.42. The van der Waals surface area contributed by atoms with E-state index in [9.17, 15) is 5.11 Å². The minimum absolute atomic E-state index is 0.154. The van der Waals surface area contributed by atoms with Crippen molar-refractivity contribution in [2.24, 2.45) is 5.41 Å². The third kappa shape index (κ3) is 5.14. The second-order valence-electron chi connectivity index (χ2n) is 8.25. The van der Waals surface area contributed by atoms with Crippen molar-refractivity contribution in [1.82, 2.24) is 0 Å². The molecule has 1 aliphatic rings. The number of ether oxygens (including phenoxy) is 2. The lowest BCUT2D eigenvalue weighted by molar-refractivity contribution is -0.177. The number of phenolic OH excluding ortho intramolecular Hbond substituents is 1. The second-order valence-corrected chi connectivity index (χ2v) is 8.25. The van der Waals surface area contributed by atoms with Crippen LogP contribution in [-0.4, -0.2) is 17.5 Å². The Morgan fingerprint density at radius 2 is 1.83 bits per heavy atom. The van der Waals surface area contributed by atoms with Gasteiger partial charge in [-0.2, -0.15) is 0 Å². The molecule has 1 aliphatic carbocycles. The number of hydrogen-bond acceptors (Lipinski definition) is 3. The minimum atomic E-state index is -0.360. The van der Waals surface area contributed by atoms with Crippen molar-refractivity contribution < 1.29 is 14.6 Å². The normalized spacial score (nSPS) is 19.0. The van der Waals surface area contributed by atoms with Crippen LogP contribution in [0.1, 0.15) is 84.6 Å². The molecular formula is C21H34O3. The lowest BCUT2D eigenvalue weighted by Crippen LogP contribution is -2.38. The monoisotopic (exact) mass is 334 g/mol. The smallest absolute Gasteiger partial charge is 0.205 e. The van der Waals surface area contributed by atoms with E-state index in [4.69, 9.17) is 9.47 Å². The van der Waals surface area contributed by atoms with Gasteiger partial charge in [0.15, 0.2) is 11.5 Å². The lowest BCUT2D eigenvalue weighted by Gasteiger charge is -2.35. The van der Waals surface area contributed by atoms with Gasteiger partial charge in [-0.3, -0.25) is 0 Å². The maximum atomic E-state index is 10.4. The fourth-order valence-electron chi connectivity index (χ4n) is 3.08. The Morgan fingerprint density at radius 3 is 2.38 bits per heavy atom. The standard InChI is InChI=1S/C21H34O3/c1-6-15(2)16-12-13-19(18(22)14-16)24-20(21(3,4)5)23-17-10-8-7-9-11-17/h12-15,17,20,22H,6-11H2,1-5H3. The molecule has 0 aromatic heterocycles. The first-order valence-electron chi connectivity index (χ1n) is 9.46. The number of aromatic hydroxyl groups is 1. The van der Waals surface area contributed by atoms with E-state index in [1.807, 2.05) is 18.2 Å². The molecule has 1 N–H and O–H groups in total.